The monoisotopic (exact) mass is 333 g/mol. The summed E-state index contributed by atoms with van der Waals surface area (Å²) in [7, 11) is 0. The Morgan fingerprint density at radius 3 is 2.56 bits per heavy atom. The van der Waals surface area contributed by atoms with E-state index >= 15 is 0 Å². The first-order chi connectivity index (χ1) is 12.2. The zero-order chi connectivity index (χ0) is 17.2. The van der Waals surface area contributed by atoms with E-state index in [1.165, 1.54) is 12.1 Å². The van der Waals surface area contributed by atoms with Crippen LogP contribution >= 0.6 is 0 Å². The number of hydrogen-bond acceptors (Lipinski definition) is 3. The molecule has 1 aromatic heterocycles. The van der Waals surface area contributed by atoms with Crippen LogP contribution in [0.1, 0.15) is 21.6 Å². The van der Waals surface area contributed by atoms with Crippen LogP contribution in [-0.4, -0.2) is 27.3 Å². The molecule has 0 unspecified atom stereocenters. The molecule has 2 aromatic carbocycles. The SMILES string of the molecule is O=C(c1ccccc1)N1CCc2nc(-c3ccc(F)cc3)ncc2C1. The third-order valence-corrected chi connectivity index (χ3v) is 4.34. The first-order valence-corrected chi connectivity index (χ1v) is 8.16. The molecule has 5 heteroatoms. The quantitative estimate of drug-likeness (QED) is 0.721. The third-order valence-electron chi connectivity index (χ3n) is 4.34. The minimum atomic E-state index is -0.281. The maximum Gasteiger partial charge on any atom is 0.254 e. The fourth-order valence-corrected chi connectivity index (χ4v) is 2.99. The average Bonchev–Trinajstić information content (AvgIpc) is 2.68. The summed E-state index contributed by atoms with van der Waals surface area (Å²) in [4.78, 5) is 23.4. The molecule has 1 amide bonds. The van der Waals surface area contributed by atoms with E-state index in [0.29, 0.717) is 30.9 Å². The van der Waals surface area contributed by atoms with Crippen molar-refractivity contribution < 1.29 is 9.18 Å². The lowest BCUT2D eigenvalue weighted by atomic mass is 10.1. The molecule has 0 N–H and O–H groups in total. The molecular formula is C20H16FN3O. The third kappa shape index (κ3) is 3.13. The number of amides is 1. The van der Waals surface area contributed by atoms with Crippen LogP contribution in [0.25, 0.3) is 11.4 Å². The van der Waals surface area contributed by atoms with Gasteiger partial charge in [-0.25, -0.2) is 14.4 Å². The molecule has 4 nitrogen and oxygen atoms in total. The summed E-state index contributed by atoms with van der Waals surface area (Å²) in [6, 6.07) is 15.4. The van der Waals surface area contributed by atoms with Crippen LogP contribution < -0.4 is 0 Å². The van der Waals surface area contributed by atoms with Gasteiger partial charge in [0.2, 0.25) is 0 Å². The lowest BCUT2D eigenvalue weighted by molar-refractivity contribution is 0.0733. The van der Waals surface area contributed by atoms with Gasteiger partial charge in [-0.1, -0.05) is 18.2 Å². The average molecular weight is 333 g/mol. The Balaban J connectivity index is 1.56. The molecule has 0 spiro atoms. The predicted molar refractivity (Wildman–Crippen MR) is 92.3 cm³/mol. The van der Waals surface area contributed by atoms with Gasteiger partial charge in [-0.15, -0.1) is 0 Å². The second-order valence-corrected chi connectivity index (χ2v) is 6.02. The summed E-state index contributed by atoms with van der Waals surface area (Å²) in [5, 5.41) is 0. The number of nitrogens with zero attached hydrogens (tertiary/aromatic N) is 3. The molecule has 1 aliphatic rings. The van der Waals surface area contributed by atoms with E-state index in [1.807, 2.05) is 35.2 Å². The van der Waals surface area contributed by atoms with Crippen molar-refractivity contribution in [1.82, 2.24) is 14.9 Å². The van der Waals surface area contributed by atoms with Gasteiger partial charge in [-0.3, -0.25) is 4.79 Å². The first-order valence-electron chi connectivity index (χ1n) is 8.16. The van der Waals surface area contributed by atoms with Gasteiger partial charge >= 0.3 is 0 Å². The number of rotatable bonds is 2. The lowest BCUT2D eigenvalue weighted by Gasteiger charge is -2.28. The normalized spacial score (nSPS) is 13.4. The molecule has 25 heavy (non-hydrogen) atoms. The smallest absolute Gasteiger partial charge is 0.254 e. The predicted octanol–water partition coefficient (Wildman–Crippen LogP) is 3.48. The molecule has 0 saturated heterocycles. The first kappa shape index (κ1) is 15.4. The van der Waals surface area contributed by atoms with Gasteiger partial charge in [-0.2, -0.15) is 0 Å². The summed E-state index contributed by atoms with van der Waals surface area (Å²) in [5.41, 5.74) is 3.38. The van der Waals surface area contributed by atoms with Crippen LogP contribution in [0.5, 0.6) is 0 Å². The Morgan fingerprint density at radius 2 is 1.80 bits per heavy atom. The number of carbonyl (C=O) groups excluding carboxylic acids is 1. The standard InChI is InChI=1S/C20H16FN3O/c21-17-8-6-14(7-9-17)19-22-12-16-13-24(11-10-18(16)23-19)20(25)15-4-2-1-3-5-15/h1-9,12H,10-11,13H2. The van der Waals surface area contributed by atoms with Gasteiger partial charge in [-0.05, 0) is 36.4 Å². The maximum absolute atomic E-state index is 13.1. The highest BCUT2D eigenvalue weighted by molar-refractivity contribution is 5.94. The summed E-state index contributed by atoms with van der Waals surface area (Å²) in [6.45, 7) is 1.13. The van der Waals surface area contributed by atoms with Gasteiger partial charge in [0.05, 0.1) is 5.69 Å². The van der Waals surface area contributed by atoms with Crippen LogP contribution in [0, 0.1) is 5.82 Å². The van der Waals surface area contributed by atoms with E-state index in [2.05, 4.69) is 9.97 Å². The highest BCUT2D eigenvalue weighted by Gasteiger charge is 2.23. The van der Waals surface area contributed by atoms with Crippen molar-refractivity contribution >= 4 is 5.91 Å². The topological polar surface area (TPSA) is 46.1 Å². The fraction of sp³-hybridized carbons (Fsp3) is 0.150. The minimum absolute atomic E-state index is 0.0221. The zero-order valence-electron chi connectivity index (χ0n) is 13.5. The van der Waals surface area contributed by atoms with Crippen LogP contribution in [-0.2, 0) is 13.0 Å². The second-order valence-electron chi connectivity index (χ2n) is 6.02. The van der Waals surface area contributed by atoms with E-state index < -0.39 is 0 Å². The Bertz CT molecular complexity index is 910. The van der Waals surface area contributed by atoms with E-state index in [9.17, 15) is 9.18 Å². The number of carbonyl (C=O) groups is 1. The molecule has 3 aromatic rings. The molecular weight excluding hydrogens is 317 g/mol. The van der Waals surface area contributed by atoms with Crippen molar-refractivity contribution in [2.24, 2.45) is 0 Å². The molecule has 2 heterocycles. The lowest BCUT2D eigenvalue weighted by Crippen LogP contribution is -2.36. The van der Waals surface area contributed by atoms with Gasteiger partial charge in [0.1, 0.15) is 5.82 Å². The van der Waals surface area contributed by atoms with E-state index in [0.717, 1.165) is 16.8 Å². The van der Waals surface area contributed by atoms with Crippen molar-refractivity contribution in [2.45, 2.75) is 13.0 Å². The Morgan fingerprint density at radius 1 is 1.04 bits per heavy atom. The summed E-state index contributed by atoms with van der Waals surface area (Å²) < 4.78 is 13.1. The molecule has 0 radical (unpaired) electrons. The molecule has 4 rings (SSSR count). The highest BCUT2D eigenvalue weighted by atomic mass is 19.1. The molecule has 0 bridgehead atoms. The van der Waals surface area contributed by atoms with Gasteiger partial charge in [0.25, 0.3) is 5.91 Å². The van der Waals surface area contributed by atoms with Crippen molar-refractivity contribution in [3.05, 3.63) is 83.4 Å². The van der Waals surface area contributed by atoms with Crippen molar-refractivity contribution in [3.63, 3.8) is 0 Å². The van der Waals surface area contributed by atoms with Crippen molar-refractivity contribution in [2.75, 3.05) is 6.54 Å². The van der Waals surface area contributed by atoms with E-state index in [1.54, 1.807) is 18.3 Å². The fourth-order valence-electron chi connectivity index (χ4n) is 2.99. The molecule has 1 aliphatic heterocycles. The van der Waals surface area contributed by atoms with E-state index in [4.69, 9.17) is 0 Å². The van der Waals surface area contributed by atoms with Gasteiger partial charge in [0, 0.05) is 42.4 Å². The minimum Gasteiger partial charge on any atom is -0.334 e. The Kier molecular flexibility index (Phi) is 3.98. The van der Waals surface area contributed by atoms with Crippen LogP contribution in [0.2, 0.25) is 0 Å². The number of benzene rings is 2. The number of halogens is 1. The number of aromatic nitrogens is 2. The summed E-state index contributed by atoms with van der Waals surface area (Å²) in [5.74, 6) is 0.326. The van der Waals surface area contributed by atoms with Gasteiger partial charge in [0.15, 0.2) is 5.82 Å². The van der Waals surface area contributed by atoms with Crippen molar-refractivity contribution in [1.29, 1.82) is 0 Å². The Hall–Kier alpha value is -3.08. The van der Waals surface area contributed by atoms with Crippen LogP contribution in [0.4, 0.5) is 4.39 Å². The van der Waals surface area contributed by atoms with Gasteiger partial charge < -0.3 is 4.90 Å². The largest absolute Gasteiger partial charge is 0.334 e. The number of fused-ring (bicyclic) bond motifs is 1. The molecule has 0 atom stereocenters. The highest BCUT2D eigenvalue weighted by Crippen LogP contribution is 2.22. The number of hydrogen-bond donors (Lipinski definition) is 0. The van der Waals surface area contributed by atoms with Crippen LogP contribution in [0.3, 0.4) is 0 Å². The molecule has 0 fully saturated rings. The second kappa shape index (κ2) is 6.43. The van der Waals surface area contributed by atoms with E-state index in [-0.39, 0.29) is 11.7 Å². The Labute approximate surface area is 145 Å². The summed E-state index contributed by atoms with van der Waals surface area (Å²) >= 11 is 0. The molecule has 0 aliphatic carbocycles. The molecule has 124 valence electrons. The molecule has 0 saturated carbocycles. The summed E-state index contributed by atoms with van der Waals surface area (Å²) in [6.07, 6.45) is 2.45. The van der Waals surface area contributed by atoms with Crippen LogP contribution in [0.15, 0.2) is 60.8 Å². The maximum atomic E-state index is 13.1. The van der Waals surface area contributed by atoms with Crippen molar-refractivity contribution in [3.8, 4) is 11.4 Å². The zero-order valence-corrected chi connectivity index (χ0v) is 13.5.